The van der Waals surface area contributed by atoms with Gasteiger partial charge in [-0.05, 0) is 74.4 Å². The number of carbonyl (C=O) groups excluding carboxylic acids is 2. The number of ether oxygens (including phenoxy) is 1. The third-order valence-corrected chi connectivity index (χ3v) is 8.63. The fraction of sp³-hybridized carbons (Fsp3) is 0.310. The molecule has 0 spiro atoms. The summed E-state index contributed by atoms with van der Waals surface area (Å²) in [5.74, 6) is -0.386. The Morgan fingerprint density at radius 1 is 0.950 bits per heavy atom. The van der Waals surface area contributed by atoms with Crippen LogP contribution in [0.5, 0.6) is 5.75 Å². The largest absolute Gasteiger partial charge is 0.494 e. The van der Waals surface area contributed by atoms with E-state index in [0.29, 0.717) is 40.2 Å². The number of sulfonamides is 1. The van der Waals surface area contributed by atoms with Gasteiger partial charge in [-0.15, -0.1) is 0 Å². The number of halogens is 2. The maximum atomic E-state index is 13.9. The summed E-state index contributed by atoms with van der Waals surface area (Å²) < 4.78 is 34.2. The van der Waals surface area contributed by atoms with Crippen LogP contribution in [0.25, 0.3) is 0 Å². The van der Waals surface area contributed by atoms with Gasteiger partial charge in [-0.2, -0.15) is 0 Å². The van der Waals surface area contributed by atoms with E-state index in [1.54, 1.807) is 67.6 Å². The second kappa shape index (κ2) is 14.4. The van der Waals surface area contributed by atoms with Gasteiger partial charge in [0.25, 0.3) is 10.0 Å². The Labute approximate surface area is 245 Å². The number of para-hydroxylation sites is 1. The highest BCUT2D eigenvalue weighted by molar-refractivity contribution is 7.92. The van der Waals surface area contributed by atoms with E-state index < -0.39 is 28.5 Å². The van der Waals surface area contributed by atoms with Gasteiger partial charge in [0.05, 0.1) is 27.2 Å². The topological polar surface area (TPSA) is 96.0 Å². The first-order valence-electron chi connectivity index (χ1n) is 12.9. The van der Waals surface area contributed by atoms with Gasteiger partial charge in [0.15, 0.2) is 0 Å². The normalized spacial score (nSPS) is 11.9. The first kappa shape index (κ1) is 31.3. The highest BCUT2D eigenvalue weighted by Crippen LogP contribution is 2.27. The number of nitrogens with one attached hydrogen (secondary N) is 1. The van der Waals surface area contributed by atoms with Crippen molar-refractivity contribution in [2.75, 3.05) is 24.0 Å². The molecule has 0 fully saturated rings. The first-order valence-corrected chi connectivity index (χ1v) is 15.1. The molecule has 2 amide bonds. The molecule has 0 aliphatic heterocycles. The molecule has 8 nitrogen and oxygen atoms in total. The van der Waals surface area contributed by atoms with Crippen molar-refractivity contribution in [3.05, 3.63) is 88.4 Å². The fourth-order valence-corrected chi connectivity index (χ4v) is 5.67. The second-order valence-corrected chi connectivity index (χ2v) is 11.7. The number of hydrogen-bond acceptors (Lipinski definition) is 5. The molecule has 0 aliphatic carbocycles. The molecule has 1 unspecified atom stereocenters. The standard InChI is InChI=1S/C29H33Cl2N3O5S/c1-4-17-32-29(36)21(3)33(19-22-11-16-26(30)27(31)18-22)28(35)20-34(23-9-7-6-8-10-23)40(37,38)25-14-12-24(13-15-25)39-5-2/h6-16,18,21H,4-5,17,19-20H2,1-3H3,(H,32,36). The van der Waals surface area contributed by atoms with Crippen molar-refractivity contribution in [3.63, 3.8) is 0 Å². The Hall–Kier alpha value is -3.27. The maximum Gasteiger partial charge on any atom is 0.264 e. The molecule has 0 radical (unpaired) electrons. The van der Waals surface area contributed by atoms with Crippen molar-refractivity contribution >= 4 is 50.7 Å². The summed E-state index contributed by atoms with van der Waals surface area (Å²) in [6.45, 7) is 5.73. The van der Waals surface area contributed by atoms with Crippen LogP contribution in [0.15, 0.2) is 77.7 Å². The monoisotopic (exact) mass is 605 g/mol. The summed E-state index contributed by atoms with van der Waals surface area (Å²) in [5.41, 5.74) is 0.945. The maximum absolute atomic E-state index is 13.9. The van der Waals surface area contributed by atoms with Gasteiger partial charge < -0.3 is 15.0 Å². The summed E-state index contributed by atoms with van der Waals surface area (Å²) >= 11 is 12.3. The molecule has 11 heteroatoms. The Balaban J connectivity index is 1.99. The van der Waals surface area contributed by atoms with E-state index in [1.807, 2.05) is 13.8 Å². The number of carbonyl (C=O) groups is 2. The molecule has 0 heterocycles. The third kappa shape index (κ3) is 7.90. The van der Waals surface area contributed by atoms with Crippen LogP contribution in [-0.2, 0) is 26.2 Å². The Bertz CT molecular complexity index is 1400. The fourth-order valence-electron chi connectivity index (χ4n) is 3.94. The number of nitrogens with zero attached hydrogens (tertiary/aromatic N) is 2. The summed E-state index contributed by atoms with van der Waals surface area (Å²) in [4.78, 5) is 28.1. The van der Waals surface area contributed by atoms with Gasteiger partial charge in [-0.25, -0.2) is 8.42 Å². The number of hydrogen-bond donors (Lipinski definition) is 1. The third-order valence-electron chi connectivity index (χ3n) is 6.10. The van der Waals surface area contributed by atoms with Crippen LogP contribution >= 0.6 is 23.2 Å². The summed E-state index contributed by atoms with van der Waals surface area (Å²) in [5, 5.41) is 3.47. The summed E-state index contributed by atoms with van der Waals surface area (Å²) in [6.07, 6.45) is 0.724. The van der Waals surface area contributed by atoms with Crippen LogP contribution in [0.2, 0.25) is 10.0 Å². The molecule has 0 saturated carbocycles. The quantitative estimate of drug-likeness (QED) is 0.276. The van der Waals surface area contributed by atoms with Gasteiger partial charge in [-0.1, -0.05) is 54.4 Å². The molecule has 0 saturated heterocycles. The number of amides is 2. The smallest absolute Gasteiger partial charge is 0.264 e. The van der Waals surface area contributed by atoms with Gasteiger partial charge in [-0.3, -0.25) is 13.9 Å². The Morgan fingerprint density at radius 2 is 1.62 bits per heavy atom. The van der Waals surface area contributed by atoms with Crippen LogP contribution in [0, 0.1) is 0 Å². The average molecular weight is 607 g/mol. The molecule has 3 rings (SSSR count). The SMILES string of the molecule is CCCNC(=O)C(C)N(Cc1ccc(Cl)c(Cl)c1)C(=O)CN(c1ccccc1)S(=O)(=O)c1ccc(OCC)cc1. The minimum atomic E-state index is -4.17. The van der Waals surface area contributed by atoms with Crippen molar-refractivity contribution in [2.45, 2.75) is 44.7 Å². The summed E-state index contributed by atoms with van der Waals surface area (Å²) in [7, 11) is -4.17. The van der Waals surface area contributed by atoms with E-state index in [9.17, 15) is 18.0 Å². The number of rotatable bonds is 13. The highest BCUT2D eigenvalue weighted by Gasteiger charge is 2.32. The van der Waals surface area contributed by atoms with Crippen molar-refractivity contribution in [3.8, 4) is 5.75 Å². The van der Waals surface area contributed by atoms with Crippen molar-refractivity contribution in [1.29, 1.82) is 0 Å². The molecule has 1 atom stereocenters. The van der Waals surface area contributed by atoms with E-state index in [1.165, 1.54) is 17.0 Å². The summed E-state index contributed by atoms with van der Waals surface area (Å²) in [6, 6.07) is 18.4. The van der Waals surface area contributed by atoms with Crippen molar-refractivity contribution in [1.82, 2.24) is 10.2 Å². The Kier molecular flexibility index (Phi) is 11.2. The van der Waals surface area contributed by atoms with E-state index in [-0.39, 0.29) is 17.3 Å². The van der Waals surface area contributed by atoms with E-state index in [2.05, 4.69) is 5.32 Å². The first-order chi connectivity index (χ1) is 19.1. The molecule has 0 bridgehead atoms. The molecular formula is C29H33Cl2N3O5S. The molecule has 1 N–H and O–H groups in total. The van der Waals surface area contributed by atoms with Gasteiger partial charge >= 0.3 is 0 Å². The number of anilines is 1. The molecule has 0 aromatic heterocycles. The van der Waals surface area contributed by atoms with Gasteiger partial charge in [0, 0.05) is 13.1 Å². The van der Waals surface area contributed by atoms with E-state index in [4.69, 9.17) is 27.9 Å². The van der Waals surface area contributed by atoms with Crippen LogP contribution in [0.4, 0.5) is 5.69 Å². The van der Waals surface area contributed by atoms with E-state index >= 15 is 0 Å². The molecule has 0 aliphatic rings. The lowest BCUT2D eigenvalue weighted by molar-refractivity contribution is -0.139. The lowest BCUT2D eigenvalue weighted by Gasteiger charge is -2.32. The lowest BCUT2D eigenvalue weighted by Crippen LogP contribution is -2.51. The van der Waals surface area contributed by atoms with Crippen LogP contribution < -0.4 is 14.4 Å². The number of benzene rings is 3. The molecular weight excluding hydrogens is 573 g/mol. The minimum absolute atomic E-state index is 0.00243. The lowest BCUT2D eigenvalue weighted by atomic mass is 10.1. The second-order valence-electron chi connectivity index (χ2n) is 8.99. The average Bonchev–Trinajstić information content (AvgIpc) is 2.95. The highest BCUT2D eigenvalue weighted by atomic mass is 35.5. The molecule has 40 heavy (non-hydrogen) atoms. The Morgan fingerprint density at radius 3 is 2.23 bits per heavy atom. The van der Waals surface area contributed by atoms with Crippen LogP contribution in [-0.4, -0.2) is 50.9 Å². The molecule has 3 aromatic carbocycles. The molecule has 214 valence electrons. The van der Waals surface area contributed by atoms with Crippen LogP contribution in [0.1, 0.15) is 32.8 Å². The molecule has 3 aromatic rings. The van der Waals surface area contributed by atoms with Gasteiger partial charge in [0.1, 0.15) is 18.3 Å². The predicted molar refractivity (Wildman–Crippen MR) is 158 cm³/mol. The zero-order valence-electron chi connectivity index (χ0n) is 22.6. The van der Waals surface area contributed by atoms with Crippen molar-refractivity contribution in [2.24, 2.45) is 0 Å². The zero-order valence-corrected chi connectivity index (χ0v) is 25.0. The van der Waals surface area contributed by atoms with E-state index in [0.717, 1.165) is 10.7 Å². The minimum Gasteiger partial charge on any atom is -0.494 e. The van der Waals surface area contributed by atoms with Crippen molar-refractivity contribution < 1.29 is 22.7 Å². The van der Waals surface area contributed by atoms with Crippen LogP contribution in [0.3, 0.4) is 0 Å². The predicted octanol–water partition coefficient (Wildman–Crippen LogP) is 5.53. The zero-order chi connectivity index (χ0) is 29.3. The van der Waals surface area contributed by atoms with Gasteiger partial charge in [0.2, 0.25) is 11.8 Å².